The van der Waals surface area contributed by atoms with Crippen LogP contribution >= 0.6 is 11.8 Å². The Labute approximate surface area is 155 Å². The van der Waals surface area contributed by atoms with E-state index in [1.807, 2.05) is 16.7 Å². The maximum atomic E-state index is 13.3. The lowest BCUT2D eigenvalue weighted by Gasteiger charge is -2.28. The third kappa shape index (κ3) is 4.01. The molecule has 1 saturated heterocycles. The van der Waals surface area contributed by atoms with Crippen molar-refractivity contribution in [3.63, 3.8) is 0 Å². The van der Waals surface area contributed by atoms with Crippen molar-refractivity contribution < 1.29 is 4.79 Å². The van der Waals surface area contributed by atoms with Crippen LogP contribution in [0.1, 0.15) is 36.1 Å². The maximum Gasteiger partial charge on any atom is 0.231 e. The molecule has 1 heterocycles. The first-order valence-electron chi connectivity index (χ1n) is 9.07. The van der Waals surface area contributed by atoms with Crippen LogP contribution in [0.5, 0.6) is 0 Å². The number of amides is 1. The lowest BCUT2D eigenvalue weighted by atomic mass is 9.97. The second-order valence-corrected chi connectivity index (χ2v) is 8.45. The average Bonchev–Trinajstić information content (AvgIpc) is 2.70. The highest BCUT2D eigenvalue weighted by Gasteiger charge is 2.37. The number of aryl methyl sites for hydroxylation is 1. The number of thioether (sulfide) groups is 1. The maximum absolute atomic E-state index is 13.3. The number of benzene rings is 1. The Kier molecular flexibility index (Phi) is 5.70. The highest BCUT2D eigenvalue weighted by molar-refractivity contribution is 8.03. The highest BCUT2D eigenvalue weighted by Crippen LogP contribution is 2.48. The minimum atomic E-state index is -0.0396. The van der Waals surface area contributed by atoms with E-state index in [0.717, 1.165) is 31.6 Å². The zero-order valence-electron chi connectivity index (χ0n) is 15.7. The fraction of sp³-hybridized carbons (Fsp3) is 0.476. The SMILES string of the molecule is Cc1ccc([C@H]2SC3=CCCC=C3N(CCN(C)C)C(=O)C2C)cc1. The van der Waals surface area contributed by atoms with Crippen LogP contribution in [-0.2, 0) is 4.79 Å². The van der Waals surface area contributed by atoms with Crippen molar-refractivity contribution in [1.82, 2.24) is 9.80 Å². The number of hydrogen-bond acceptors (Lipinski definition) is 3. The van der Waals surface area contributed by atoms with Gasteiger partial charge in [-0.25, -0.2) is 0 Å². The molecule has 1 aromatic rings. The van der Waals surface area contributed by atoms with E-state index in [0.29, 0.717) is 0 Å². The molecule has 1 aliphatic carbocycles. The summed E-state index contributed by atoms with van der Waals surface area (Å²) in [7, 11) is 4.11. The molecule has 1 aliphatic heterocycles. The van der Waals surface area contributed by atoms with Crippen molar-refractivity contribution in [1.29, 1.82) is 0 Å². The van der Waals surface area contributed by atoms with Crippen LogP contribution < -0.4 is 0 Å². The lowest BCUT2D eigenvalue weighted by molar-refractivity contribution is -0.132. The molecule has 0 bridgehead atoms. The topological polar surface area (TPSA) is 23.6 Å². The lowest BCUT2D eigenvalue weighted by Crippen LogP contribution is -2.39. The van der Waals surface area contributed by atoms with E-state index in [1.54, 1.807) is 0 Å². The molecule has 4 heteroatoms. The summed E-state index contributed by atoms with van der Waals surface area (Å²) < 4.78 is 0. The molecule has 1 aromatic carbocycles. The van der Waals surface area contributed by atoms with E-state index in [9.17, 15) is 4.79 Å². The molecule has 1 fully saturated rings. The Hall–Kier alpha value is -1.52. The summed E-state index contributed by atoms with van der Waals surface area (Å²) in [6.07, 6.45) is 6.65. The number of hydrogen-bond donors (Lipinski definition) is 0. The van der Waals surface area contributed by atoms with Crippen LogP contribution in [0.25, 0.3) is 0 Å². The summed E-state index contributed by atoms with van der Waals surface area (Å²) in [4.78, 5) is 18.7. The molecule has 2 aliphatic rings. The van der Waals surface area contributed by atoms with Gasteiger partial charge in [0.25, 0.3) is 0 Å². The molecule has 1 amide bonds. The standard InChI is InChI=1S/C21H28N2OS/c1-15-9-11-17(12-10-15)20-16(2)21(24)23(14-13-22(3)4)18-7-5-6-8-19(18)25-20/h7-12,16,20H,5-6,13-14H2,1-4H3/t16?,20-/m0/s1. The fourth-order valence-corrected chi connectivity index (χ4v) is 4.78. The Balaban J connectivity index is 1.95. The second kappa shape index (κ2) is 7.79. The van der Waals surface area contributed by atoms with Gasteiger partial charge in [-0.1, -0.05) is 48.9 Å². The van der Waals surface area contributed by atoms with Gasteiger partial charge in [-0.05, 0) is 39.4 Å². The Morgan fingerprint density at radius 3 is 2.52 bits per heavy atom. The summed E-state index contributed by atoms with van der Waals surface area (Å²) in [6, 6.07) is 8.65. The third-order valence-electron chi connectivity index (χ3n) is 4.92. The number of nitrogens with zero attached hydrogens (tertiary/aromatic N) is 2. The predicted octanol–water partition coefficient (Wildman–Crippen LogP) is 4.37. The normalized spacial score (nSPS) is 23.9. The molecular formula is C21H28N2OS. The van der Waals surface area contributed by atoms with Crippen molar-refractivity contribution in [2.45, 2.75) is 31.9 Å². The van der Waals surface area contributed by atoms with E-state index >= 15 is 0 Å². The van der Waals surface area contributed by atoms with Gasteiger partial charge in [0.2, 0.25) is 5.91 Å². The first-order chi connectivity index (χ1) is 12.0. The van der Waals surface area contributed by atoms with Crippen molar-refractivity contribution in [2.75, 3.05) is 27.2 Å². The fourth-order valence-electron chi connectivity index (χ4n) is 3.37. The van der Waals surface area contributed by atoms with Crippen LogP contribution in [0.4, 0.5) is 0 Å². The number of allylic oxidation sites excluding steroid dienone is 2. The monoisotopic (exact) mass is 356 g/mol. The number of fused-ring (bicyclic) bond motifs is 1. The molecule has 2 atom stereocenters. The predicted molar refractivity (Wildman–Crippen MR) is 106 cm³/mol. The smallest absolute Gasteiger partial charge is 0.231 e. The Morgan fingerprint density at radius 2 is 1.84 bits per heavy atom. The van der Waals surface area contributed by atoms with E-state index in [-0.39, 0.29) is 17.1 Å². The van der Waals surface area contributed by atoms with Gasteiger partial charge in [-0.2, -0.15) is 0 Å². The summed E-state index contributed by atoms with van der Waals surface area (Å²) in [5.74, 6) is 0.207. The number of likely N-dealkylation sites (N-methyl/N-ethyl adjacent to an activating group) is 1. The summed E-state index contributed by atoms with van der Waals surface area (Å²) in [5, 5.41) is 0.171. The van der Waals surface area contributed by atoms with Gasteiger partial charge in [0.05, 0.1) is 11.6 Å². The second-order valence-electron chi connectivity index (χ2n) is 7.27. The molecule has 3 nitrogen and oxygen atoms in total. The Morgan fingerprint density at radius 1 is 1.16 bits per heavy atom. The average molecular weight is 357 g/mol. The van der Waals surface area contributed by atoms with E-state index in [2.05, 4.69) is 69.3 Å². The van der Waals surface area contributed by atoms with Crippen molar-refractivity contribution >= 4 is 17.7 Å². The van der Waals surface area contributed by atoms with Crippen LogP contribution in [0.2, 0.25) is 0 Å². The quantitative estimate of drug-likeness (QED) is 0.800. The molecule has 0 spiro atoms. The van der Waals surface area contributed by atoms with Crippen molar-refractivity contribution in [3.05, 3.63) is 58.1 Å². The summed E-state index contributed by atoms with van der Waals surface area (Å²) >= 11 is 1.86. The molecule has 134 valence electrons. The Bertz CT molecular complexity index is 690. The van der Waals surface area contributed by atoms with E-state index in [4.69, 9.17) is 0 Å². The number of rotatable bonds is 4. The van der Waals surface area contributed by atoms with Gasteiger partial charge >= 0.3 is 0 Å². The molecular weight excluding hydrogens is 328 g/mol. The molecule has 3 rings (SSSR count). The summed E-state index contributed by atoms with van der Waals surface area (Å²) in [6.45, 7) is 5.82. The number of carbonyl (C=O) groups excluding carboxylic acids is 1. The summed E-state index contributed by atoms with van der Waals surface area (Å²) in [5.41, 5.74) is 3.63. The van der Waals surface area contributed by atoms with Crippen LogP contribution in [-0.4, -0.2) is 42.9 Å². The van der Waals surface area contributed by atoms with E-state index < -0.39 is 0 Å². The molecule has 1 unspecified atom stereocenters. The molecule has 0 aromatic heterocycles. The van der Waals surface area contributed by atoms with Gasteiger partial charge in [-0.3, -0.25) is 4.79 Å². The van der Waals surface area contributed by atoms with Gasteiger partial charge in [-0.15, -0.1) is 11.8 Å². The third-order valence-corrected chi connectivity index (χ3v) is 6.48. The first kappa shape index (κ1) is 18.3. The molecule has 0 saturated carbocycles. The van der Waals surface area contributed by atoms with Gasteiger partial charge in [0, 0.05) is 23.2 Å². The van der Waals surface area contributed by atoms with Crippen LogP contribution in [0, 0.1) is 12.8 Å². The molecule has 0 N–H and O–H groups in total. The van der Waals surface area contributed by atoms with Gasteiger partial charge in [0.1, 0.15) is 0 Å². The van der Waals surface area contributed by atoms with Crippen molar-refractivity contribution in [3.8, 4) is 0 Å². The first-order valence-corrected chi connectivity index (χ1v) is 9.95. The van der Waals surface area contributed by atoms with Crippen molar-refractivity contribution in [2.24, 2.45) is 5.92 Å². The zero-order chi connectivity index (χ0) is 18.0. The zero-order valence-corrected chi connectivity index (χ0v) is 16.5. The minimum Gasteiger partial charge on any atom is -0.310 e. The van der Waals surface area contributed by atoms with Gasteiger partial charge < -0.3 is 9.80 Å². The minimum absolute atomic E-state index is 0.0396. The number of carbonyl (C=O) groups is 1. The molecule has 0 radical (unpaired) electrons. The largest absolute Gasteiger partial charge is 0.310 e. The van der Waals surface area contributed by atoms with Crippen LogP contribution in [0.15, 0.2) is 47.0 Å². The highest BCUT2D eigenvalue weighted by atomic mass is 32.2. The molecule has 25 heavy (non-hydrogen) atoms. The van der Waals surface area contributed by atoms with Crippen LogP contribution in [0.3, 0.4) is 0 Å². The van der Waals surface area contributed by atoms with E-state index in [1.165, 1.54) is 16.0 Å². The van der Waals surface area contributed by atoms with Gasteiger partial charge in [0.15, 0.2) is 0 Å².